The molecule has 1 saturated heterocycles. The lowest BCUT2D eigenvalue weighted by Gasteiger charge is -2.39. The second kappa shape index (κ2) is 5.12. The Labute approximate surface area is 108 Å². The lowest BCUT2D eigenvalue weighted by molar-refractivity contribution is -0.336. The fourth-order valence-corrected chi connectivity index (χ4v) is 2.12. The number of ether oxygens (including phenoxy) is 3. The van der Waals surface area contributed by atoms with Crippen molar-refractivity contribution < 1.29 is 14.2 Å². The molecule has 0 radical (unpaired) electrons. The van der Waals surface area contributed by atoms with Crippen LogP contribution >= 0.6 is 0 Å². The molecule has 0 unspecified atom stereocenters. The van der Waals surface area contributed by atoms with Crippen molar-refractivity contribution >= 4 is 5.76 Å². The third-order valence-electron chi connectivity index (χ3n) is 2.79. The Bertz CT molecular complexity index is 411. The van der Waals surface area contributed by atoms with E-state index in [-0.39, 0.29) is 12.4 Å². The normalized spacial score (nSPS) is 26.6. The van der Waals surface area contributed by atoms with Gasteiger partial charge in [-0.15, -0.1) is 0 Å². The van der Waals surface area contributed by atoms with E-state index in [2.05, 4.69) is 6.58 Å². The van der Waals surface area contributed by atoms with Crippen LogP contribution in [0.25, 0.3) is 5.76 Å². The van der Waals surface area contributed by atoms with Gasteiger partial charge in [-0.2, -0.15) is 0 Å². The average Bonchev–Trinajstić information content (AvgIpc) is 2.27. The quantitative estimate of drug-likeness (QED) is 0.765. The highest BCUT2D eigenvalue weighted by molar-refractivity contribution is 5.57. The summed E-state index contributed by atoms with van der Waals surface area (Å²) >= 11 is 0. The van der Waals surface area contributed by atoms with E-state index in [0.717, 1.165) is 5.56 Å². The lowest BCUT2D eigenvalue weighted by Crippen LogP contribution is -2.44. The monoisotopic (exact) mass is 248 g/mol. The zero-order valence-corrected chi connectivity index (χ0v) is 11.2. The van der Waals surface area contributed by atoms with Gasteiger partial charge in [0, 0.05) is 12.0 Å². The van der Waals surface area contributed by atoms with Gasteiger partial charge in [-0.25, -0.2) is 0 Å². The topological polar surface area (TPSA) is 27.7 Å². The van der Waals surface area contributed by atoms with E-state index in [1.807, 2.05) is 51.1 Å². The van der Waals surface area contributed by atoms with Gasteiger partial charge in [0.15, 0.2) is 5.79 Å². The van der Waals surface area contributed by atoms with Crippen molar-refractivity contribution in [3.63, 3.8) is 0 Å². The Kier molecular flexibility index (Phi) is 3.73. The minimum Gasteiger partial charge on any atom is -0.465 e. The van der Waals surface area contributed by atoms with Gasteiger partial charge in [-0.1, -0.05) is 36.9 Å². The zero-order chi connectivity index (χ0) is 13.2. The summed E-state index contributed by atoms with van der Waals surface area (Å²) in [5.74, 6) is 0.0183. The van der Waals surface area contributed by atoms with Crippen LogP contribution in [0.5, 0.6) is 0 Å². The molecule has 1 aromatic rings. The molecule has 2 atom stereocenters. The molecule has 0 spiro atoms. The third kappa shape index (κ3) is 3.34. The maximum absolute atomic E-state index is 5.79. The maximum Gasteiger partial charge on any atom is 0.205 e. The first-order chi connectivity index (χ1) is 8.46. The largest absolute Gasteiger partial charge is 0.465 e. The van der Waals surface area contributed by atoms with Crippen LogP contribution in [0.3, 0.4) is 0 Å². The minimum atomic E-state index is -0.612. The highest BCUT2D eigenvalue weighted by Crippen LogP contribution is 2.29. The van der Waals surface area contributed by atoms with Crippen molar-refractivity contribution in [2.45, 2.75) is 45.4 Å². The van der Waals surface area contributed by atoms with E-state index in [9.17, 15) is 0 Å². The minimum absolute atomic E-state index is 0.113. The molecule has 1 heterocycles. The molecule has 1 aliphatic rings. The molecule has 1 aromatic carbocycles. The molecule has 18 heavy (non-hydrogen) atoms. The fourth-order valence-electron chi connectivity index (χ4n) is 2.12. The van der Waals surface area contributed by atoms with Crippen LogP contribution in [0, 0.1) is 0 Å². The molecule has 98 valence electrons. The predicted molar refractivity (Wildman–Crippen MR) is 70.7 cm³/mol. The van der Waals surface area contributed by atoms with Crippen molar-refractivity contribution in [1.29, 1.82) is 0 Å². The zero-order valence-electron chi connectivity index (χ0n) is 11.2. The summed E-state index contributed by atoms with van der Waals surface area (Å²) in [6, 6.07) is 9.82. The van der Waals surface area contributed by atoms with E-state index in [4.69, 9.17) is 14.2 Å². The third-order valence-corrected chi connectivity index (χ3v) is 2.79. The molecule has 0 bridgehead atoms. The van der Waals surface area contributed by atoms with Gasteiger partial charge >= 0.3 is 0 Å². The fraction of sp³-hybridized carbons (Fsp3) is 0.467. The highest BCUT2D eigenvalue weighted by Gasteiger charge is 2.34. The van der Waals surface area contributed by atoms with Crippen LogP contribution < -0.4 is 0 Å². The average molecular weight is 248 g/mol. The Morgan fingerprint density at radius 2 is 1.94 bits per heavy atom. The predicted octanol–water partition coefficient (Wildman–Crippen LogP) is 3.56. The molecule has 3 nitrogen and oxygen atoms in total. The molecule has 0 N–H and O–H groups in total. The van der Waals surface area contributed by atoms with Gasteiger partial charge in [0.05, 0.1) is 6.10 Å². The summed E-state index contributed by atoms with van der Waals surface area (Å²) < 4.78 is 17.2. The summed E-state index contributed by atoms with van der Waals surface area (Å²) in [5, 5.41) is 0. The van der Waals surface area contributed by atoms with Crippen LogP contribution in [0.2, 0.25) is 0 Å². The Hall–Kier alpha value is -1.32. The number of rotatable bonds is 3. The smallest absolute Gasteiger partial charge is 0.205 e. The number of hydrogen-bond acceptors (Lipinski definition) is 3. The van der Waals surface area contributed by atoms with Crippen LogP contribution in [0.4, 0.5) is 0 Å². The van der Waals surface area contributed by atoms with E-state index in [1.54, 1.807) is 0 Å². The first-order valence-corrected chi connectivity index (χ1v) is 6.23. The molecule has 0 aliphatic carbocycles. The molecule has 2 rings (SSSR count). The van der Waals surface area contributed by atoms with Crippen molar-refractivity contribution in [3.8, 4) is 0 Å². The lowest BCUT2D eigenvalue weighted by atomic mass is 10.2. The molecular formula is C15H20O3. The molecule has 0 amide bonds. The first-order valence-electron chi connectivity index (χ1n) is 6.23. The van der Waals surface area contributed by atoms with Crippen LogP contribution in [0.1, 0.15) is 32.8 Å². The second-order valence-corrected chi connectivity index (χ2v) is 5.02. The molecule has 0 saturated carbocycles. The van der Waals surface area contributed by atoms with E-state index >= 15 is 0 Å². The van der Waals surface area contributed by atoms with Crippen molar-refractivity contribution in [1.82, 2.24) is 0 Å². The maximum atomic E-state index is 5.79. The number of benzene rings is 1. The Balaban J connectivity index is 1.99. The van der Waals surface area contributed by atoms with Gasteiger partial charge in [-0.05, 0) is 20.8 Å². The van der Waals surface area contributed by atoms with Gasteiger partial charge in [0.25, 0.3) is 0 Å². The molecule has 0 aromatic heterocycles. The van der Waals surface area contributed by atoms with Crippen molar-refractivity contribution in [3.05, 3.63) is 42.5 Å². The molecule has 1 fully saturated rings. The van der Waals surface area contributed by atoms with Crippen LogP contribution in [0.15, 0.2) is 36.9 Å². The SMILES string of the molecule is C=C(O[C@@H]1C[C@H](C)OC(C)(C)O1)c1ccccc1. The molecule has 1 aliphatic heterocycles. The van der Waals surface area contributed by atoms with E-state index in [1.165, 1.54) is 0 Å². The van der Waals surface area contributed by atoms with Gasteiger partial charge in [0.1, 0.15) is 5.76 Å². The van der Waals surface area contributed by atoms with Crippen molar-refractivity contribution in [2.75, 3.05) is 0 Å². The van der Waals surface area contributed by atoms with E-state index < -0.39 is 5.79 Å². The van der Waals surface area contributed by atoms with Gasteiger partial charge < -0.3 is 14.2 Å². The summed E-state index contributed by atoms with van der Waals surface area (Å²) in [7, 11) is 0. The standard InChI is InChI=1S/C15H20O3/c1-11-10-14(18-15(3,4)17-11)16-12(2)13-8-6-5-7-9-13/h5-9,11,14H,2,10H2,1,3-4H3/t11-,14-/m0/s1. The second-order valence-electron chi connectivity index (χ2n) is 5.02. The molecule has 3 heteroatoms. The Morgan fingerprint density at radius 3 is 2.56 bits per heavy atom. The van der Waals surface area contributed by atoms with Gasteiger partial charge in [0.2, 0.25) is 6.29 Å². The molecular weight excluding hydrogens is 228 g/mol. The summed E-state index contributed by atoms with van der Waals surface area (Å²) in [4.78, 5) is 0. The first kappa shape index (κ1) is 13.1. The summed E-state index contributed by atoms with van der Waals surface area (Å²) in [5.41, 5.74) is 0.970. The van der Waals surface area contributed by atoms with Crippen LogP contribution in [-0.2, 0) is 14.2 Å². The van der Waals surface area contributed by atoms with Crippen LogP contribution in [-0.4, -0.2) is 18.2 Å². The van der Waals surface area contributed by atoms with E-state index in [0.29, 0.717) is 12.2 Å². The number of hydrogen-bond donors (Lipinski definition) is 0. The van der Waals surface area contributed by atoms with Crippen molar-refractivity contribution in [2.24, 2.45) is 0 Å². The Morgan fingerprint density at radius 1 is 1.28 bits per heavy atom. The summed E-state index contributed by atoms with van der Waals surface area (Å²) in [6.07, 6.45) is 0.508. The highest BCUT2D eigenvalue weighted by atomic mass is 16.8. The van der Waals surface area contributed by atoms with Gasteiger partial charge in [-0.3, -0.25) is 0 Å². The summed E-state index contributed by atoms with van der Waals surface area (Å²) in [6.45, 7) is 9.75.